The molecule has 4 rings (SSSR count). The van der Waals surface area contributed by atoms with Crippen molar-refractivity contribution in [2.75, 3.05) is 32.1 Å². The number of urea groups is 1. The number of nitrogens with two attached hydrogens (primary N) is 1. The quantitative estimate of drug-likeness (QED) is 0.101. The normalized spacial score (nSPS) is 21.2. The van der Waals surface area contributed by atoms with Gasteiger partial charge in [-0.25, -0.2) is 9.59 Å². The molecule has 3 fully saturated rings. The predicted molar refractivity (Wildman–Crippen MR) is 209 cm³/mol. The molecule has 0 bridgehead atoms. The molecule has 1 aromatic rings. The molecule has 3 aliphatic rings. The van der Waals surface area contributed by atoms with Crippen molar-refractivity contribution >= 4 is 59.5 Å². The van der Waals surface area contributed by atoms with Crippen LogP contribution in [0.5, 0.6) is 0 Å². The van der Waals surface area contributed by atoms with Crippen LogP contribution in [0, 0.1) is 11.8 Å². The number of unbranched alkanes of at least 4 members (excludes halogenated alkanes) is 1. The highest BCUT2D eigenvalue weighted by atomic mass is 16.6. The molecule has 0 saturated carbocycles. The van der Waals surface area contributed by atoms with Gasteiger partial charge in [0.2, 0.25) is 35.4 Å². The van der Waals surface area contributed by atoms with Crippen LogP contribution in [0.1, 0.15) is 90.5 Å². The number of ether oxygens (including phenoxy) is 1. The van der Waals surface area contributed by atoms with E-state index in [2.05, 4.69) is 27.8 Å². The van der Waals surface area contributed by atoms with Crippen LogP contribution in [0.2, 0.25) is 0 Å². The van der Waals surface area contributed by atoms with Gasteiger partial charge in [-0.3, -0.25) is 39.0 Å². The summed E-state index contributed by atoms with van der Waals surface area (Å²) in [6, 6.07) is 2.24. The Morgan fingerprint density at radius 2 is 1.81 bits per heavy atom. The topological polar surface area (TPSA) is 238 Å². The highest BCUT2D eigenvalue weighted by Gasteiger charge is 2.46. The van der Waals surface area contributed by atoms with E-state index >= 15 is 0 Å². The standard InChI is InChI=1S/C40H54N8O10/c1-40(2,3)58-38(56)43-29-23-47(21-20-27-15-16-31(48(27)37(29)55)36(54)42-26(24-49)14-18-32(41)50)34(52)13-8-6-7-10-25-11-9-12-28(22-25)45(4)39(57)46(5)30-17-19-33(51)44-35(30)53/h9,11-12,22,24,26-27,29-31H,6,8,13-21,23H2,1-5H3,(H2,41,50)(H,42,54)(H,43,56)(H,44,51,53). The van der Waals surface area contributed by atoms with Gasteiger partial charge in [-0.05, 0) is 77.5 Å². The number of fused-ring (bicyclic) bond motifs is 1. The van der Waals surface area contributed by atoms with E-state index in [1.165, 1.54) is 26.6 Å². The van der Waals surface area contributed by atoms with Crippen molar-refractivity contribution < 1.29 is 47.9 Å². The number of hydrogen-bond acceptors (Lipinski definition) is 10. The highest BCUT2D eigenvalue weighted by molar-refractivity contribution is 6.03. The fourth-order valence-electron chi connectivity index (χ4n) is 7.14. The van der Waals surface area contributed by atoms with Gasteiger partial charge < -0.3 is 40.6 Å². The minimum absolute atomic E-state index is 0.0147. The lowest BCUT2D eigenvalue weighted by molar-refractivity contribution is -0.145. The van der Waals surface area contributed by atoms with Crippen LogP contribution in [-0.4, -0.2) is 132 Å². The van der Waals surface area contributed by atoms with Gasteiger partial charge in [0.25, 0.3) is 0 Å². The van der Waals surface area contributed by atoms with Gasteiger partial charge in [-0.2, -0.15) is 0 Å². The molecule has 3 aliphatic heterocycles. The highest BCUT2D eigenvalue weighted by Crippen LogP contribution is 2.30. The SMILES string of the molecule is CN(C(=O)N(C)C1CCC(=O)NC1=O)c1cccc(C#CCCCC(=O)N2CCC3CCC(C(=O)NC(C=O)CCC(N)=O)N3C(=O)C(NC(=O)OC(C)(C)C)C2)c1. The monoisotopic (exact) mass is 806 g/mol. The van der Waals surface area contributed by atoms with Crippen LogP contribution >= 0.6 is 0 Å². The van der Waals surface area contributed by atoms with Crippen LogP contribution < -0.4 is 26.6 Å². The maximum absolute atomic E-state index is 14.1. The smallest absolute Gasteiger partial charge is 0.408 e. The molecule has 18 nitrogen and oxygen atoms in total. The number of aldehydes is 1. The number of imide groups is 1. The first-order valence-electron chi connectivity index (χ1n) is 19.4. The Labute approximate surface area is 337 Å². The molecule has 5 atom stereocenters. The first kappa shape index (κ1) is 44.7. The maximum atomic E-state index is 14.1. The number of nitrogens with one attached hydrogen (secondary N) is 3. The van der Waals surface area contributed by atoms with Crippen molar-refractivity contribution in [1.82, 2.24) is 30.7 Å². The van der Waals surface area contributed by atoms with E-state index in [0.717, 1.165) is 0 Å². The Balaban J connectivity index is 1.38. The van der Waals surface area contributed by atoms with Crippen LogP contribution in [0.3, 0.4) is 0 Å². The number of piperidine rings is 1. The summed E-state index contributed by atoms with van der Waals surface area (Å²) in [7, 11) is 3.09. The number of hydrogen-bond donors (Lipinski definition) is 4. The average molecular weight is 807 g/mol. The molecule has 0 spiro atoms. The molecule has 1 aromatic carbocycles. The minimum atomic E-state index is -1.23. The Morgan fingerprint density at radius 3 is 2.48 bits per heavy atom. The molecule has 9 amide bonds. The third-order valence-electron chi connectivity index (χ3n) is 10.2. The molecule has 5 unspecified atom stereocenters. The fraction of sp³-hybridized carbons (Fsp3) is 0.575. The second-order valence-electron chi connectivity index (χ2n) is 15.7. The minimum Gasteiger partial charge on any atom is -0.444 e. The Hall–Kier alpha value is -5.99. The average Bonchev–Trinajstić information content (AvgIpc) is 3.58. The van der Waals surface area contributed by atoms with E-state index < -0.39 is 71.6 Å². The molecule has 0 radical (unpaired) electrons. The summed E-state index contributed by atoms with van der Waals surface area (Å²) in [4.78, 5) is 120. The Kier molecular flexibility index (Phi) is 15.4. The summed E-state index contributed by atoms with van der Waals surface area (Å²) in [5.74, 6) is 3.26. The Bertz CT molecular complexity index is 1830. The number of alkyl carbamates (subject to hydrolysis) is 1. The Morgan fingerprint density at radius 1 is 1.07 bits per heavy atom. The number of likely N-dealkylation sites (N-methyl/N-ethyl adjacent to an activating group) is 1. The third-order valence-corrected chi connectivity index (χ3v) is 10.2. The summed E-state index contributed by atoms with van der Waals surface area (Å²) in [5, 5.41) is 7.48. The molecule has 18 heteroatoms. The van der Waals surface area contributed by atoms with Crippen molar-refractivity contribution in [3.63, 3.8) is 0 Å². The number of nitrogens with zero attached hydrogens (tertiary/aromatic N) is 4. The van der Waals surface area contributed by atoms with E-state index in [-0.39, 0.29) is 57.0 Å². The fourth-order valence-corrected chi connectivity index (χ4v) is 7.14. The zero-order valence-corrected chi connectivity index (χ0v) is 33.7. The molecule has 3 heterocycles. The van der Waals surface area contributed by atoms with E-state index in [1.807, 2.05) is 0 Å². The summed E-state index contributed by atoms with van der Waals surface area (Å²) < 4.78 is 5.42. The molecule has 3 saturated heterocycles. The summed E-state index contributed by atoms with van der Waals surface area (Å²) >= 11 is 0. The number of carbonyl (C=O) groups is 9. The van der Waals surface area contributed by atoms with Gasteiger partial charge in [-0.15, -0.1) is 0 Å². The van der Waals surface area contributed by atoms with E-state index in [0.29, 0.717) is 49.6 Å². The van der Waals surface area contributed by atoms with Gasteiger partial charge in [0.15, 0.2) is 0 Å². The summed E-state index contributed by atoms with van der Waals surface area (Å²) in [5.41, 5.74) is 5.50. The van der Waals surface area contributed by atoms with Gasteiger partial charge in [-0.1, -0.05) is 17.9 Å². The van der Waals surface area contributed by atoms with Crippen molar-refractivity contribution in [3.05, 3.63) is 29.8 Å². The summed E-state index contributed by atoms with van der Waals surface area (Å²) in [6.45, 7) is 5.11. The van der Waals surface area contributed by atoms with Crippen molar-refractivity contribution in [2.24, 2.45) is 5.73 Å². The number of amides is 9. The number of rotatable bonds is 12. The summed E-state index contributed by atoms with van der Waals surface area (Å²) in [6.07, 6.45) is 1.96. The molecular formula is C40H54N8O10. The predicted octanol–water partition coefficient (Wildman–Crippen LogP) is 0.936. The van der Waals surface area contributed by atoms with Crippen molar-refractivity contribution in [2.45, 2.75) is 121 Å². The number of primary amides is 1. The van der Waals surface area contributed by atoms with Gasteiger partial charge in [0.1, 0.15) is 30.0 Å². The number of anilines is 1. The van der Waals surface area contributed by atoms with Crippen LogP contribution in [0.4, 0.5) is 15.3 Å². The van der Waals surface area contributed by atoms with Gasteiger partial charge in [0, 0.05) is 63.6 Å². The van der Waals surface area contributed by atoms with Crippen LogP contribution in [0.15, 0.2) is 24.3 Å². The molecule has 0 aliphatic carbocycles. The maximum Gasteiger partial charge on any atom is 0.408 e. The van der Waals surface area contributed by atoms with E-state index in [9.17, 15) is 43.2 Å². The zero-order chi connectivity index (χ0) is 42.7. The molecule has 0 aromatic heterocycles. The van der Waals surface area contributed by atoms with Gasteiger partial charge >= 0.3 is 12.1 Å². The number of benzene rings is 1. The van der Waals surface area contributed by atoms with Crippen molar-refractivity contribution in [1.29, 1.82) is 0 Å². The molecule has 5 N–H and O–H groups in total. The van der Waals surface area contributed by atoms with E-state index in [4.69, 9.17) is 10.5 Å². The lowest BCUT2D eigenvalue weighted by Crippen LogP contribution is -2.61. The number of carbonyl (C=O) groups excluding carboxylic acids is 9. The third kappa shape index (κ3) is 12.3. The largest absolute Gasteiger partial charge is 0.444 e. The second kappa shape index (κ2) is 19.9. The zero-order valence-electron chi connectivity index (χ0n) is 33.7. The molecule has 314 valence electrons. The van der Waals surface area contributed by atoms with Crippen LogP contribution in [0.25, 0.3) is 0 Å². The first-order chi connectivity index (χ1) is 27.4. The van der Waals surface area contributed by atoms with Crippen molar-refractivity contribution in [3.8, 4) is 11.8 Å². The van der Waals surface area contributed by atoms with Crippen LogP contribution in [-0.2, 0) is 38.3 Å². The van der Waals surface area contributed by atoms with E-state index in [1.54, 1.807) is 52.1 Å². The lowest BCUT2D eigenvalue weighted by Gasteiger charge is -2.39. The van der Waals surface area contributed by atoms with Gasteiger partial charge in [0.05, 0.1) is 12.6 Å². The lowest BCUT2D eigenvalue weighted by atomic mass is 10.1. The molecule has 58 heavy (non-hydrogen) atoms. The molecular weight excluding hydrogens is 752 g/mol. The first-order valence-corrected chi connectivity index (χ1v) is 19.4. The second-order valence-corrected chi connectivity index (χ2v) is 15.7.